The number of hydrogen-bond acceptors (Lipinski definition) is 4. The van der Waals surface area contributed by atoms with Crippen LogP contribution in [0.1, 0.15) is 36.5 Å². The largest absolute Gasteiger partial charge is 0.491 e. The van der Waals surface area contributed by atoms with E-state index in [2.05, 4.69) is 5.32 Å². The minimum absolute atomic E-state index is 0.0821. The van der Waals surface area contributed by atoms with Gasteiger partial charge in [-0.3, -0.25) is 4.79 Å². The molecule has 2 unspecified atom stereocenters. The monoisotopic (exact) mass is 292 g/mol. The number of amides is 1. The van der Waals surface area contributed by atoms with Crippen molar-refractivity contribution < 1.29 is 14.3 Å². The van der Waals surface area contributed by atoms with Crippen LogP contribution in [0.5, 0.6) is 5.75 Å². The van der Waals surface area contributed by atoms with E-state index in [1.807, 2.05) is 19.1 Å². The van der Waals surface area contributed by atoms with Gasteiger partial charge in [-0.15, -0.1) is 0 Å². The summed E-state index contributed by atoms with van der Waals surface area (Å²) < 4.78 is 11.2. The van der Waals surface area contributed by atoms with Crippen LogP contribution < -0.4 is 15.8 Å². The SMILES string of the molecule is CC(N)CCNC(=O)c1ccc(OCC2CCCO2)cc1. The molecule has 1 aliphatic rings. The topological polar surface area (TPSA) is 73.6 Å². The molecular formula is C16H24N2O3. The molecule has 116 valence electrons. The van der Waals surface area contributed by atoms with Gasteiger partial charge in [-0.1, -0.05) is 0 Å². The van der Waals surface area contributed by atoms with E-state index >= 15 is 0 Å². The molecule has 0 bridgehead atoms. The fourth-order valence-corrected chi connectivity index (χ4v) is 2.18. The highest BCUT2D eigenvalue weighted by Crippen LogP contribution is 2.16. The molecule has 0 spiro atoms. The first-order valence-corrected chi connectivity index (χ1v) is 7.53. The third-order valence-corrected chi connectivity index (χ3v) is 3.46. The second-order valence-corrected chi connectivity index (χ2v) is 5.49. The molecule has 5 nitrogen and oxygen atoms in total. The third kappa shape index (κ3) is 5.36. The molecule has 1 aliphatic heterocycles. The highest BCUT2D eigenvalue weighted by molar-refractivity contribution is 5.94. The molecule has 1 fully saturated rings. The molecule has 21 heavy (non-hydrogen) atoms. The summed E-state index contributed by atoms with van der Waals surface area (Å²) in [5.41, 5.74) is 6.27. The van der Waals surface area contributed by atoms with Gasteiger partial charge in [0.1, 0.15) is 12.4 Å². The zero-order valence-electron chi connectivity index (χ0n) is 12.5. The molecule has 0 radical (unpaired) electrons. The summed E-state index contributed by atoms with van der Waals surface area (Å²) in [6, 6.07) is 7.27. The predicted molar refractivity (Wildman–Crippen MR) is 81.5 cm³/mol. The van der Waals surface area contributed by atoms with E-state index in [0.717, 1.165) is 31.6 Å². The quantitative estimate of drug-likeness (QED) is 0.802. The second-order valence-electron chi connectivity index (χ2n) is 5.49. The molecule has 0 aliphatic carbocycles. The van der Waals surface area contributed by atoms with Gasteiger partial charge in [0.25, 0.3) is 5.91 Å². The first-order chi connectivity index (χ1) is 10.1. The maximum Gasteiger partial charge on any atom is 0.251 e. The van der Waals surface area contributed by atoms with Crippen molar-refractivity contribution >= 4 is 5.91 Å². The average molecular weight is 292 g/mol. The van der Waals surface area contributed by atoms with Crippen molar-refractivity contribution in [3.05, 3.63) is 29.8 Å². The summed E-state index contributed by atoms with van der Waals surface area (Å²) in [6.07, 6.45) is 3.13. The summed E-state index contributed by atoms with van der Waals surface area (Å²) in [6.45, 7) is 3.91. The first-order valence-electron chi connectivity index (χ1n) is 7.53. The van der Waals surface area contributed by atoms with Crippen molar-refractivity contribution in [3.8, 4) is 5.75 Å². The standard InChI is InChI=1S/C16H24N2O3/c1-12(17)8-9-18-16(19)13-4-6-14(7-5-13)21-11-15-3-2-10-20-15/h4-7,12,15H,2-3,8-11,17H2,1H3,(H,18,19). The molecule has 3 N–H and O–H groups in total. The first kappa shape index (κ1) is 15.8. The van der Waals surface area contributed by atoms with E-state index in [1.165, 1.54) is 0 Å². The lowest BCUT2D eigenvalue weighted by Gasteiger charge is -2.12. The average Bonchev–Trinajstić information content (AvgIpc) is 2.98. The van der Waals surface area contributed by atoms with Crippen molar-refractivity contribution in [3.63, 3.8) is 0 Å². The van der Waals surface area contributed by atoms with Crippen LogP contribution in [0.15, 0.2) is 24.3 Å². The van der Waals surface area contributed by atoms with E-state index in [-0.39, 0.29) is 18.1 Å². The van der Waals surface area contributed by atoms with Crippen LogP contribution in [-0.4, -0.2) is 37.8 Å². The summed E-state index contributed by atoms with van der Waals surface area (Å²) in [5.74, 6) is 0.680. The second kappa shape index (κ2) is 8.00. The summed E-state index contributed by atoms with van der Waals surface area (Å²) in [4.78, 5) is 11.9. The number of hydrogen-bond donors (Lipinski definition) is 2. The zero-order chi connectivity index (χ0) is 15.1. The normalized spacial score (nSPS) is 19.2. The Bertz CT molecular complexity index is 439. The number of benzene rings is 1. The van der Waals surface area contributed by atoms with Crippen LogP contribution in [0.4, 0.5) is 0 Å². The van der Waals surface area contributed by atoms with Gasteiger partial charge in [0.05, 0.1) is 6.10 Å². The number of rotatable bonds is 7. The van der Waals surface area contributed by atoms with Gasteiger partial charge < -0.3 is 20.5 Å². The van der Waals surface area contributed by atoms with Crippen molar-refractivity contribution in [1.82, 2.24) is 5.32 Å². The molecule has 1 heterocycles. The zero-order valence-corrected chi connectivity index (χ0v) is 12.5. The van der Waals surface area contributed by atoms with Crippen molar-refractivity contribution in [2.24, 2.45) is 5.73 Å². The fourth-order valence-electron chi connectivity index (χ4n) is 2.18. The highest BCUT2D eigenvalue weighted by Gasteiger charge is 2.16. The van der Waals surface area contributed by atoms with Gasteiger partial charge in [-0.05, 0) is 50.5 Å². The number of carbonyl (C=O) groups excluding carboxylic acids is 1. The lowest BCUT2D eigenvalue weighted by Crippen LogP contribution is -2.28. The molecule has 0 aromatic heterocycles. The Kier molecular flexibility index (Phi) is 6.02. The van der Waals surface area contributed by atoms with Gasteiger partial charge in [-0.2, -0.15) is 0 Å². The van der Waals surface area contributed by atoms with Crippen LogP contribution >= 0.6 is 0 Å². The van der Waals surface area contributed by atoms with E-state index in [9.17, 15) is 4.79 Å². The van der Waals surface area contributed by atoms with Crippen LogP contribution in [0.2, 0.25) is 0 Å². The number of carbonyl (C=O) groups is 1. The molecule has 0 saturated carbocycles. The van der Waals surface area contributed by atoms with Crippen LogP contribution in [-0.2, 0) is 4.74 Å². The summed E-state index contributed by atoms with van der Waals surface area (Å²) in [5, 5.41) is 2.85. The smallest absolute Gasteiger partial charge is 0.251 e. The molecule has 1 aromatic carbocycles. The Hall–Kier alpha value is -1.59. The Morgan fingerprint density at radius 1 is 1.48 bits per heavy atom. The van der Waals surface area contributed by atoms with Gasteiger partial charge >= 0.3 is 0 Å². The fraction of sp³-hybridized carbons (Fsp3) is 0.562. The number of nitrogens with two attached hydrogens (primary N) is 1. The Morgan fingerprint density at radius 2 is 2.24 bits per heavy atom. The lowest BCUT2D eigenvalue weighted by molar-refractivity contribution is 0.0679. The van der Waals surface area contributed by atoms with Crippen LogP contribution in [0.25, 0.3) is 0 Å². The van der Waals surface area contributed by atoms with Gasteiger partial charge in [0.2, 0.25) is 0 Å². The van der Waals surface area contributed by atoms with Crippen LogP contribution in [0.3, 0.4) is 0 Å². The molecular weight excluding hydrogens is 268 g/mol. The van der Waals surface area contributed by atoms with E-state index in [0.29, 0.717) is 18.7 Å². The van der Waals surface area contributed by atoms with Gasteiger partial charge in [0.15, 0.2) is 0 Å². The number of nitrogens with one attached hydrogen (secondary N) is 1. The summed E-state index contributed by atoms with van der Waals surface area (Å²) in [7, 11) is 0. The summed E-state index contributed by atoms with van der Waals surface area (Å²) >= 11 is 0. The molecule has 1 aromatic rings. The third-order valence-electron chi connectivity index (χ3n) is 3.46. The van der Waals surface area contributed by atoms with E-state index in [1.54, 1.807) is 12.1 Å². The van der Waals surface area contributed by atoms with E-state index < -0.39 is 0 Å². The molecule has 2 atom stereocenters. The van der Waals surface area contributed by atoms with Gasteiger partial charge in [-0.25, -0.2) is 0 Å². The molecule has 1 amide bonds. The Labute approximate surface area is 125 Å². The Morgan fingerprint density at radius 3 is 2.86 bits per heavy atom. The predicted octanol–water partition coefficient (Wildman–Crippen LogP) is 1.71. The van der Waals surface area contributed by atoms with Crippen molar-refractivity contribution in [1.29, 1.82) is 0 Å². The Balaban J connectivity index is 1.76. The number of ether oxygens (including phenoxy) is 2. The lowest BCUT2D eigenvalue weighted by atomic mass is 10.2. The maximum absolute atomic E-state index is 11.9. The highest BCUT2D eigenvalue weighted by atomic mass is 16.5. The van der Waals surface area contributed by atoms with Crippen molar-refractivity contribution in [2.75, 3.05) is 19.8 Å². The molecule has 2 rings (SSSR count). The molecule has 1 saturated heterocycles. The minimum atomic E-state index is -0.0821. The maximum atomic E-state index is 11.9. The van der Waals surface area contributed by atoms with Gasteiger partial charge in [0, 0.05) is 24.8 Å². The van der Waals surface area contributed by atoms with Crippen molar-refractivity contribution in [2.45, 2.75) is 38.3 Å². The molecule has 5 heteroatoms. The minimum Gasteiger partial charge on any atom is -0.491 e. The van der Waals surface area contributed by atoms with E-state index in [4.69, 9.17) is 15.2 Å². The van der Waals surface area contributed by atoms with Crippen LogP contribution in [0, 0.1) is 0 Å².